The lowest BCUT2D eigenvalue weighted by Crippen LogP contribution is -2.27. The Balaban J connectivity index is 1.40. The Hall–Kier alpha value is -2.89. The van der Waals surface area contributed by atoms with Crippen LogP contribution in [-0.4, -0.2) is 34.0 Å². The molecule has 6 nitrogen and oxygen atoms in total. The van der Waals surface area contributed by atoms with Gasteiger partial charge in [-0.2, -0.15) is 4.98 Å². The first kappa shape index (κ1) is 15.6. The zero-order valence-corrected chi connectivity index (χ0v) is 14.0. The predicted octanol–water partition coefficient (Wildman–Crippen LogP) is 3.20. The molecule has 3 heterocycles. The topological polar surface area (TPSA) is 72.4 Å². The summed E-state index contributed by atoms with van der Waals surface area (Å²) >= 11 is 0. The second-order valence-corrected chi connectivity index (χ2v) is 6.41. The van der Waals surface area contributed by atoms with Crippen molar-refractivity contribution >= 4 is 5.91 Å². The molecule has 1 unspecified atom stereocenters. The molecule has 1 aromatic carbocycles. The van der Waals surface area contributed by atoms with Crippen molar-refractivity contribution in [2.24, 2.45) is 0 Å². The van der Waals surface area contributed by atoms with E-state index in [4.69, 9.17) is 8.94 Å². The van der Waals surface area contributed by atoms with Gasteiger partial charge < -0.3 is 13.8 Å². The van der Waals surface area contributed by atoms with Crippen LogP contribution in [0.25, 0.3) is 11.7 Å². The molecule has 0 bridgehead atoms. The van der Waals surface area contributed by atoms with E-state index < -0.39 is 0 Å². The third-order valence-corrected chi connectivity index (χ3v) is 4.51. The maximum absolute atomic E-state index is 12.3. The maximum Gasteiger partial charge on any atom is 0.293 e. The zero-order valence-electron chi connectivity index (χ0n) is 14.0. The second kappa shape index (κ2) is 6.55. The largest absolute Gasteiger partial charge is 0.459 e. The van der Waals surface area contributed by atoms with Crippen LogP contribution in [-0.2, 0) is 11.2 Å². The van der Waals surface area contributed by atoms with Crippen LogP contribution in [0.1, 0.15) is 29.3 Å². The van der Waals surface area contributed by atoms with Crippen molar-refractivity contribution in [2.75, 3.05) is 13.1 Å². The van der Waals surface area contributed by atoms with Crippen LogP contribution in [0.3, 0.4) is 0 Å². The van der Waals surface area contributed by atoms with Gasteiger partial charge in [-0.3, -0.25) is 4.79 Å². The highest BCUT2D eigenvalue weighted by molar-refractivity contribution is 5.79. The molecule has 1 aliphatic rings. The van der Waals surface area contributed by atoms with Gasteiger partial charge in [-0.15, -0.1) is 0 Å². The average Bonchev–Trinajstić information content (AvgIpc) is 3.33. The Morgan fingerprint density at radius 3 is 3.00 bits per heavy atom. The van der Waals surface area contributed by atoms with Crippen molar-refractivity contribution in [3.8, 4) is 11.7 Å². The first-order chi connectivity index (χ1) is 12.2. The number of hydrogen-bond donors (Lipinski definition) is 0. The van der Waals surface area contributed by atoms with Crippen LogP contribution in [0.2, 0.25) is 0 Å². The molecular formula is C19H19N3O3. The number of aryl methyl sites for hydroxylation is 1. The summed E-state index contributed by atoms with van der Waals surface area (Å²) in [7, 11) is 0. The number of aromatic nitrogens is 2. The fourth-order valence-corrected chi connectivity index (χ4v) is 3.19. The molecule has 1 amide bonds. The van der Waals surface area contributed by atoms with E-state index in [0.29, 0.717) is 37.0 Å². The van der Waals surface area contributed by atoms with Crippen molar-refractivity contribution in [3.63, 3.8) is 0 Å². The van der Waals surface area contributed by atoms with Gasteiger partial charge in [0.05, 0.1) is 6.26 Å². The van der Waals surface area contributed by atoms with Crippen molar-refractivity contribution < 1.29 is 13.7 Å². The molecule has 0 radical (unpaired) electrons. The van der Waals surface area contributed by atoms with Gasteiger partial charge in [0.15, 0.2) is 11.6 Å². The number of hydrogen-bond acceptors (Lipinski definition) is 5. The minimum absolute atomic E-state index is 0.0301. The maximum atomic E-state index is 12.3. The van der Waals surface area contributed by atoms with Crippen molar-refractivity contribution in [1.29, 1.82) is 0 Å². The van der Waals surface area contributed by atoms with Gasteiger partial charge in [-0.25, -0.2) is 0 Å². The van der Waals surface area contributed by atoms with Gasteiger partial charge in [0.2, 0.25) is 5.91 Å². The van der Waals surface area contributed by atoms with Gasteiger partial charge >= 0.3 is 0 Å². The number of carbonyl (C=O) groups is 1. The van der Waals surface area contributed by atoms with Gasteiger partial charge in [0, 0.05) is 25.4 Å². The molecule has 1 saturated heterocycles. The van der Waals surface area contributed by atoms with Gasteiger partial charge in [-0.1, -0.05) is 35.0 Å². The van der Waals surface area contributed by atoms with Crippen molar-refractivity contribution in [3.05, 3.63) is 59.6 Å². The molecule has 1 atom stereocenters. The Labute approximate surface area is 145 Å². The number of furan rings is 1. The molecule has 0 aliphatic carbocycles. The van der Waals surface area contributed by atoms with Crippen LogP contribution in [0.4, 0.5) is 0 Å². The summed E-state index contributed by atoms with van der Waals surface area (Å²) in [5, 5.41) is 4.03. The third-order valence-electron chi connectivity index (χ3n) is 4.51. The highest BCUT2D eigenvalue weighted by Crippen LogP contribution is 2.28. The van der Waals surface area contributed by atoms with Crippen molar-refractivity contribution in [2.45, 2.75) is 25.7 Å². The van der Waals surface area contributed by atoms with Crippen LogP contribution in [0.5, 0.6) is 0 Å². The minimum atomic E-state index is -0.0301. The summed E-state index contributed by atoms with van der Waals surface area (Å²) in [5.74, 6) is 1.57. The monoisotopic (exact) mass is 337 g/mol. The molecule has 0 saturated carbocycles. The Kier molecular flexibility index (Phi) is 4.09. The number of amides is 1. The summed E-state index contributed by atoms with van der Waals surface area (Å²) in [6.07, 6.45) is 2.83. The molecule has 1 fully saturated rings. The average molecular weight is 337 g/mol. The number of nitrogens with zero attached hydrogens (tertiary/aromatic N) is 3. The Bertz CT molecular complexity index is 870. The van der Waals surface area contributed by atoms with Crippen LogP contribution < -0.4 is 0 Å². The Morgan fingerprint density at radius 1 is 1.28 bits per heavy atom. The SMILES string of the molecule is Cc1cccc(CCN2CC(c3noc(-c4ccco4)n3)CC2=O)c1. The highest BCUT2D eigenvalue weighted by Gasteiger charge is 2.33. The third kappa shape index (κ3) is 3.33. The molecule has 6 heteroatoms. The minimum Gasteiger partial charge on any atom is -0.459 e. The van der Waals surface area contributed by atoms with Crippen LogP contribution in [0, 0.1) is 6.92 Å². The number of likely N-dealkylation sites (tertiary alicyclic amines) is 1. The van der Waals surface area contributed by atoms with E-state index in [1.54, 1.807) is 18.4 Å². The van der Waals surface area contributed by atoms with E-state index in [1.165, 1.54) is 11.1 Å². The standard InChI is InChI=1S/C19H19N3O3/c1-13-4-2-5-14(10-13)7-8-22-12-15(11-17(22)23)18-20-19(25-21-18)16-6-3-9-24-16/h2-6,9-10,15H,7-8,11-12H2,1H3. The van der Waals surface area contributed by atoms with E-state index in [2.05, 4.69) is 41.3 Å². The molecule has 2 aromatic heterocycles. The number of rotatable bonds is 5. The fraction of sp³-hybridized carbons (Fsp3) is 0.316. The molecule has 0 N–H and O–H groups in total. The zero-order chi connectivity index (χ0) is 17.2. The van der Waals surface area contributed by atoms with E-state index in [1.807, 2.05) is 4.90 Å². The van der Waals surface area contributed by atoms with Crippen molar-refractivity contribution in [1.82, 2.24) is 15.0 Å². The van der Waals surface area contributed by atoms with Gasteiger partial charge in [-0.05, 0) is 31.0 Å². The number of benzene rings is 1. The van der Waals surface area contributed by atoms with Crippen LogP contribution >= 0.6 is 0 Å². The normalized spacial score (nSPS) is 17.4. The molecule has 128 valence electrons. The quantitative estimate of drug-likeness (QED) is 0.715. The summed E-state index contributed by atoms with van der Waals surface area (Å²) < 4.78 is 10.5. The molecule has 25 heavy (non-hydrogen) atoms. The first-order valence-corrected chi connectivity index (χ1v) is 8.40. The smallest absolute Gasteiger partial charge is 0.293 e. The lowest BCUT2D eigenvalue weighted by atomic mass is 10.1. The summed E-state index contributed by atoms with van der Waals surface area (Å²) in [4.78, 5) is 18.6. The second-order valence-electron chi connectivity index (χ2n) is 6.41. The fourth-order valence-electron chi connectivity index (χ4n) is 3.19. The number of carbonyl (C=O) groups excluding carboxylic acids is 1. The van der Waals surface area contributed by atoms with Crippen LogP contribution in [0.15, 0.2) is 51.6 Å². The predicted molar refractivity (Wildman–Crippen MR) is 90.8 cm³/mol. The molecule has 0 spiro atoms. The lowest BCUT2D eigenvalue weighted by Gasteiger charge is -2.16. The summed E-state index contributed by atoms with van der Waals surface area (Å²) in [6.45, 7) is 3.41. The van der Waals surface area contributed by atoms with E-state index >= 15 is 0 Å². The van der Waals surface area contributed by atoms with Gasteiger partial charge in [0.1, 0.15) is 0 Å². The summed E-state index contributed by atoms with van der Waals surface area (Å²) in [5.41, 5.74) is 2.48. The van der Waals surface area contributed by atoms with E-state index in [9.17, 15) is 4.79 Å². The molecular weight excluding hydrogens is 318 g/mol. The molecule has 1 aliphatic heterocycles. The lowest BCUT2D eigenvalue weighted by molar-refractivity contribution is -0.127. The van der Waals surface area contributed by atoms with E-state index in [-0.39, 0.29) is 11.8 Å². The molecule has 3 aromatic rings. The van der Waals surface area contributed by atoms with Gasteiger partial charge in [0.25, 0.3) is 5.89 Å². The Morgan fingerprint density at radius 2 is 2.20 bits per heavy atom. The first-order valence-electron chi connectivity index (χ1n) is 8.40. The van der Waals surface area contributed by atoms with E-state index in [0.717, 1.165) is 6.42 Å². The molecule has 4 rings (SSSR count). The summed E-state index contributed by atoms with van der Waals surface area (Å²) in [6, 6.07) is 11.9. The highest BCUT2D eigenvalue weighted by atomic mass is 16.5.